The van der Waals surface area contributed by atoms with Crippen molar-refractivity contribution < 1.29 is 4.79 Å². The number of para-hydroxylation sites is 2. The lowest BCUT2D eigenvalue weighted by Crippen LogP contribution is -2.42. The second-order valence-corrected chi connectivity index (χ2v) is 4.83. The van der Waals surface area contributed by atoms with E-state index < -0.39 is 0 Å². The van der Waals surface area contributed by atoms with Crippen molar-refractivity contribution >= 4 is 23.0 Å². The highest BCUT2D eigenvalue weighted by Crippen LogP contribution is 2.33. The molecule has 5 nitrogen and oxygen atoms in total. The normalized spacial score (nSPS) is 14.1. The number of fused-ring (bicyclic) bond motifs is 1. The van der Waals surface area contributed by atoms with E-state index >= 15 is 0 Å². The van der Waals surface area contributed by atoms with Crippen LogP contribution in [0.1, 0.15) is 10.4 Å². The van der Waals surface area contributed by atoms with Gasteiger partial charge >= 0.3 is 0 Å². The van der Waals surface area contributed by atoms with Gasteiger partial charge in [-0.1, -0.05) is 12.1 Å². The maximum Gasteiger partial charge on any atom is 0.262 e. The van der Waals surface area contributed by atoms with Crippen molar-refractivity contribution in [2.45, 2.75) is 0 Å². The number of nitrogen functional groups attached to an aromatic ring is 1. The molecule has 0 bridgehead atoms. The van der Waals surface area contributed by atoms with Crippen LogP contribution < -0.4 is 15.5 Å². The molecule has 1 aliphatic rings. The van der Waals surface area contributed by atoms with Gasteiger partial charge in [-0.3, -0.25) is 9.78 Å². The van der Waals surface area contributed by atoms with Crippen molar-refractivity contribution in [2.24, 2.45) is 0 Å². The Morgan fingerprint density at radius 3 is 2.70 bits per heavy atom. The first-order chi connectivity index (χ1) is 9.68. The molecule has 3 rings (SSSR count). The van der Waals surface area contributed by atoms with Gasteiger partial charge in [-0.15, -0.1) is 0 Å². The van der Waals surface area contributed by atoms with Crippen LogP contribution in [0.4, 0.5) is 17.1 Å². The molecule has 0 radical (unpaired) electrons. The molecule has 2 heterocycles. The lowest BCUT2D eigenvalue weighted by Gasteiger charge is -2.35. The number of nitrogens with zero attached hydrogens (tertiary/aromatic N) is 3. The molecule has 0 unspecified atom stereocenters. The summed E-state index contributed by atoms with van der Waals surface area (Å²) in [5.74, 6) is -0.101. The Morgan fingerprint density at radius 2 is 1.95 bits per heavy atom. The van der Waals surface area contributed by atoms with Crippen molar-refractivity contribution in [3.8, 4) is 0 Å². The molecule has 0 aliphatic carbocycles. The maximum absolute atomic E-state index is 12.7. The predicted molar refractivity (Wildman–Crippen MR) is 80.0 cm³/mol. The quantitative estimate of drug-likeness (QED) is 0.856. The predicted octanol–water partition coefficient (Wildman–Crippen LogP) is 1.76. The minimum atomic E-state index is -0.101. The fourth-order valence-corrected chi connectivity index (χ4v) is 2.45. The van der Waals surface area contributed by atoms with Crippen molar-refractivity contribution in [3.63, 3.8) is 0 Å². The van der Waals surface area contributed by atoms with Crippen LogP contribution in [0.5, 0.6) is 0 Å². The summed E-state index contributed by atoms with van der Waals surface area (Å²) in [6.45, 7) is 1.43. The van der Waals surface area contributed by atoms with Crippen LogP contribution in [-0.2, 0) is 0 Å². The highest BCUT2D eigenvalue weighted by molar-refractivity contribution is 6.10. The van der Waals surface area contributed by atoms with Crippen LogP contribution in [0, 0.1) is 0 Å². The summed E-state index contributed by atoms with van der Waals surface area (Å²) in [6, 6.07) is 9.53. The lowest BCUT2D eigenvalue weighted by molar-refractivity contribution is 0.0987. The van der Waals surface area contributed by atoms with Crippen molar-refractivity contribution in [3.05, 3.63) is 48.3 Å². The summed E-state index contributed by atoms with van der Waals surface area (Å²) in [4.78, 5) is 20.6. The molecule has 2 N–H and O–H groups in total. The number of carbonyl (C=O) groups excluding carboxylic acids is 1. The number of anilines is 3. The number of benzene rings is 1. The average Bonchev–Trinajstić information content (AvgIpc) is 2.48. The zero-order chi connectivity index (χ0) is 14.1. The molecule has 1 amide bonds. The first-order valence-corrected chi connectivity index (χ1v) is 6.50. The molecule has 0 fully saturated rings. The number of nitrogens with two attached hydrogens (primary N) is 1. The van der Waals surface area contributed by atoms with Gasteiger partial charge < -0.3 is 15.5 Å². The molecule has 0 atom stereocenters. The Labute approximate surface area is 117 Å². The van der Waals surface area contributed by atoms with Gasteiger partial charge in [0.1, 0.15) is 0 Å². The third-order valence-electron chi connectivity index (χ3n) is 3.57. The summed E-state index contributed by atoms with van der Waals surface area (Å²) < 4.78 is 0. The Hall–Kier alpha value is -2.56. The maximum atomic E-state index is 12.7. The Kier molecular flexibility index (Phi) is 3.02. The van der Waals surface area contributed by atoms with Gasteiger partial charge in [0.2, 0.25) is 0 Å². The molecule has 1 aromatic heterocycles. The first kappa shape index (κ1) is 12.5. The minimum absolute atomic E-state index is 0.101. The molecule has 5 heteroatoms. The van der Waals surface area contributed by atoms with Gasteiger partial charge in [0, 0.05) is 38.2 Å². The molecular weight excluding hydrogens is 252 g/mol. The van der Waals surface area contributed by atoms with Crippen molar-refractivity contribution in [1.29, 1.82) is 0 Å². The molecule has 0 spiro atoms. The van der Waals surface area contributed by atoms with E-state index in [-0.39, 0.29) is 5.91 Å². The second kappa shape index (κ2) is 4.85. The second-order valence-electron chi connectivity index (χ2n) is 4.83. The average molecular weight is 268 g/mol. The van der Waals surface area contributed by atoms with E-state index in [0.717, 1.165) is 17.9 Å². The topological polar surface area (TPSA) is 62.5 Å². The van der Waals surface area contributed by atoms with Crippen LogP contribution in [0.25, 0.3) is 0 Å². The molecule has 0 saturated carbocycles. The smallest absolute Gasteiger partial charge is 0.262 e. The van der Waals surface area contributed by atoms with Gasteiger partial charge in [0.25, 0.3) is 5.91 Å². The van der Waals surface area contributed by atoms with Crippen molar-refractivity contribution in [2.75, 3.05) is 35.7 Å². The molecule has 1 aromatic carbocycles. The van der Waals surface area contributed by atoms with Crippen LogP contribution in [0.3, 0.4) is 0 Å². The zero-order valence-electron chi connectivity index (χ0n) is 11.3. The molecule has 20 heavy (non-hydrogen) atoms. The third kappa shape index (κ3) is 1.97. The largest absolute Gasteiger partial charge is 0.398 e. The van der Waals surface area contributed by atoms with Gasteiger partial charge in [-0.25, -0.2) is 0 Å². The molecular formula is C15H16N4O. The Balaban J connectivity index is 2.02. The standard InChI is InChI=1S/C15H16N4O/c1-18-8-9-19(14-5-3-2-4-13(14)18)15(20)11-10-17-7-6-12(11)16/h2-7,10H,8-9H2,1H3,(H2,16,17). The molecule has 102 valence electrons. The Bertz CT molecular complexity index is 656. The summed E-state index contributed by atoms with van der Waals surface area (Å²) in [7, 11) is 2.03. The Morgan fingerprint density at radius 1 is 1.20 bits per heavy atom. The van der Waals surface area contributed by atoms with E-state index in [1.807, 2.05) is 31.3 Å². The van der Waals surface area contributed by atoms with E-state index in [0.29, 0.717) is 17.8 Å². The van der Waals surface area contributed by atoms with Gasteiger partial charge in [-0.05, 0) is 18.2 Å². The molecule has 1 aliphatic heterocycles. The third-order valence-corrected chi connectivity index (χ3v) is 3.57. The fraction of sp³-hybridized carbons (Fsp3) is 0.200. The number of pyridine rings is 1. The monoisotopic (exact) mass is 268 g/mol. The number of aromatic nitrogens is 1. The minimum Gasteiger partial charge on any atom is -0.398 e. The van der Waals surface area contributed by atoms with Gasteiger partial charge in [0.05, 0.1) is 16.9 Å². The number of hydrogen-bond acceptors (Lipinski definition) is 4. The SMILES string of the molecule is CN1CCN(C(=O)c2cnccc2N)c2ccccc21. The number of likely N-dealkylation sites (N-methyl/N-ethyl adjacent to an activating group) is 1. The lowest BCUT2D eigenvalue weighted by atomic mass is 10.1. The van der Waals surface area contributed by atoms with Crippen molar-refractivity contribution in [1.82, 2.24) is 4.98 Å². The van der Waals surface area contributed by atoms with E-state index in [1.54, 1.807) is 17.2 Å². The van der Waals surface area contributed by atoms with E-state index in [1.165, 1.54) is 6.20 Å². The number of amides is 1. The summed E-state index contributed by atoms with van der Waals surface area (Å²) in [6.07, 6.45) is 3.11. The number of rotatable bonds is 1. The van der Waals surface area contributed by atoms with Crippen LogP contribution in [0.15, 0.2) is 42.7 Å². The fourth-order valence-electron chi connectivity index (χ4n) is 2.45. The van der Waals surface area contributed by atoms with Gasteiger partial charge in [0.15, 0.2) is 0 Å². The highest BCUT2D eigenvalue weighted by Gasteiger charge is 2.26. The summed E-state index contributed by atoms with van der Waals surface area (Å²) in [5, 5.41) is 0. The summed E-state index contributed by atoms with van der Waals surface area (Å²) >= 11 is 0. The van der Waals surface area contributed by atoms with E-state index in [4.69, 9.17) is 5.73 Å². The summed E-state index contributed by atoms with van der Waals surface area (Å²) in [5.41, 5.74) is 8.75. The molecule has 2 aromatic rings. The van der Waals surface area contributed by atoms with E-state index in [2.05, 4.69) is 9.88 Å². The number of hydrogen-bond donors (Lipinski definition) is 1. The van der Waals surface area contributed by atoms with E-state index in [9.17, 15) is 4.79 Å². The first-order valence-electron chi connectivity index (χ1n) is 6.50. The molecule has 0 saturated heterocycles. The van der Waals surface area contributed by atoms with Crippen LogP contribution in [-0.4, -0.2) is 31.0 Å². The van der Waals surface area contributed by atoms with Crippen LogP contribution in [0.2, 0.25) is 0 Å². The zero-order valence-corrected chi connectivity index (χ0v) is 11.3. The van der Waals surface area contributed by atoms with Crippen LogP contribution >= 0.6 is 0 Å². The highest BCUT2D eigenvalue weighted by atomic mass is 16.2. The van der Waals surface area contributed by atoms with Gasteiger partial charge in [-0.2, -0.15) is 0 Å². The number of carbonyl (C=O) groups is 1.